The summed E-state index contributed by atoms with van der Waals surface area (Å²) in [5.74, 6) is 0. The third kappa shape index (κ3) is 4.80. The van der Waals surface area contributed by atoms with Gasteiger partial charge in [0.15, 0.2) is 6.29 Å². The van der Waals surface area contributed by atoms with Gasteiger partial charge in [0.05, 0.1) is 19.4 Å². The van der Waals surface area contributed by atoms with Gasteiger partial charge in [0.25, 0.3) is 0 Å². The molecule has 12 heteroatoms. The van der Waals surface area contributed by atoms with Crippen LogP contribution in [0.5, 0.6) is 0 Å². The summed E-state index contributed by atoms with van der Waals surface area (Å²) in [6, 6.07) is 0. The van der Waals surface area contributed by atoms with Crippen molar-refractivity contribution in [1.29, 1.82) is 0 Å². The highest BCUT2D eigenvalue weighted by Gasteiger charge is 2.46. The van der Waals surface area contributed by atoms with Crippen LogP contribution < -0.4 is 0 Å². The van der Waals surface area contributed by atoms with Gasteiger partial charge < -0.3 is 55.5 Å². The zero-order chi connectivity index (χ0) is 18.4. The van der Waals surface area contributed by atoms with E-state index in [1.165, 1.54) is 0 Å². The summed E-state index contributed by atoms with van der Waals surface area (Å²) in [6.45, 7) is -1.62. The van der Waals surface area contributed by atoms with Gasteiger partial charge >= 0.3 is 0 Å². The number of hydrogen-bond acceptors (Lipinski definition) is 12. The van der Waals surface area contributed by atoms with Crippen molar-refractivity contribution < 1.29 is 55.5 Å². The molecule has 9 N–H and O–H groups in total. The predicted octanol–water partition coefficient (Wildman–Crippen LogP) is -5.29. The molecule has 1 aliphatic heterocycles. The second-order valence-electron chi connectivity index (χ2n) is 5.29. The number of ether oxygens (including phenoxy) is 2. The zero-order valence-corrected chi connectivity index (χ0v) is 12.5. The van der Waals surface area contributed by atoms with Gasteiger partial charge in [-0.15, -0.1) is 0 Å². The smallest absolute Gasteiger partial charge is 0.187 e. The third-order valence-electron chi connectivity index (χ3n) is 3.61. The molecule has 1 aliphatic rings. The Kier molecular flexibility index (Phi) is 8.38. The number of oxime groups is 1. The van der Waals surface area contributed by atoms with E-state index in [1.807, 2.05) is 0 Å². The van der Waals surface area contributed by atoms with Crippen LogP contribution in [0.4, 0.5) is 0 Å². The summed E-state index contributed by atoms with van der Waals surface area (Å²) in [5.41, 5.74) is 0. The summed E-state index contributed by atoms with van der Waals surface area (Å²) in [5, 5.41) is 87.3. The molecular weight excluding hydrogens is 334 g/mol. The van der Waals surface area contributed by atoms with Crippen molar-refractivity contribution in [2.45, 2.75) is 55.1 Å². The van der Waals surface area contributed by atoms with Crippen LogP contribution in [0.15, 0.2) is 5.16 Å². The molecule has 0 aliphatic carbocycles. The topological polar surface area (TPSA) is 213 Å². The Balaban J connectivity index is 2.92. The maximum Gasteiger partial charge on any atom is 0.187 e. The summed E-state index contributed by atoms with van der Waals surface area (Å²) < 4.78 is 10.2. The molecule has 9 atom stereocenters. The Morgan fingerprint density at radius 3 is 2.17 bits per heavy atom. The van der Waals surface area contributed by atoms with Crippen LogP contribution in [0.3, 0.4) is 0 Å². The van der Waals surface area contributed by atoms with E-state index in [-0.39, 0.29) is 0 Å². The van der Waals surface area contributed by atoms with E-state index in [4.69, 9.17) is 24.9 Å². The van der Waals surface area contributed by atoms with E-state index in [1.54, 1.807) is 0 Å². The minimum absolute atomic E-state index is 0.526. The fraction of sp³-hybridized carbons (Fsp3) is 0.917. The van der Waals surface area contributed by atoms with Gasteiger partial charge in [-0.3, -0.25) is 0 Å². The van der Waals surface area contributed by atoms with E-state index in [0.29, 0.717) is 6.21 Å². The van der Waals surface area contributed by atoms with E-state index in [2.05, 4.69) is 5.16 Å². The van der Waals surface area contributed by atoms with Crippen LogP contribution in [0, 0.1) is 0 Å². The highest BCUT2D eigenvalue weighted by molar-refractivity contribution is 5.62. The largest absolute Gasteiger partial charge is 0.411 e. The van der Waals surface area contributed by atoms with Gasteiger partial charge in [0.2, 0.25) is 0 Å². The lowest BCUT2D eigenvalue weighted by molar-refractivity contribution is -0.326. The quantitative estimate of drug-likeness (QED) is 0.114. The van der Waals surface area contributed by atoms with E-state index in [9.17, 15) is 30.6 Å². The number of nitrogens with zero attached hydrogens (tertiary/aromatic N) is 1. The number of aliphatic hydroxyl groups is 8. The molecule has 1 fully saturated rings. The lowest BCUT2D eigenvalue weighted by atomic mass is 9.98. The summed E-state index contributed by atoms with van der Waals surface area (Å²) in [7, 11) is 0. The van der Waals surface area contributed by atoms with E-state index < -0.39 is 68.3 Å². The van der Waals surface area contributed by atoms with Crippen molar-refractivity contribution in [2.24, 2.45) is 5.16 Å². The fourth-order valence-electron chi connectivity index (χ4n) is 2.19. The van der Waals surface area contributed by atoms with E-state index >= 15 is 0 Å². The second-order valence-corrected chi connectivity index (χ2v) is 5.29. The lowest BCUT2D eigenvalue weighted by Crippen LogP contribution is -2.61. The van der Waals surface area contributed by atoms with Crippen molar-refractivity contribution >= 4 is 6.21 Å². The molecule has 0 saturated carbocycles. The van der Waals surface area contributed by atoms with Crippen LogP contribution in [-0.2, 0) is 9.47 Å². The molecule has 0 aromatic heterocycles. The molecular formula is C12H23NO11. The zero-order valence-electron chi connectivity index (χ0n) is 12.5. The van der Waals surface area contributed by atoms with Gasteiger partial charge in [-0.05, 0) is 0 Å². The van der Waals surface area contributed by atoms with Crippen LogP contribution >= 0.6 is 0 Å². The average molecular weight is 357 g/mol. The summed E-state index contributed by atoms with van der Waals surface area (Å²) in [4.78, 5) is 0. The Morgan fingerprint density at radius 2 is 1.67 bits per heavy atom. The van der Waals surface area contributed by atoms with Gasteiger partial charge in [-0.25, -0.2) is 0 Å². The van der Waals surface area contributed by atoms with Gasteiger partial charge in [0.1, 0.15) is 48.8 Å². The molecule has 1 rings (SSSR count). The molecule has 1 saturated heterocycles. The molecule has 0 radical (unpaired) electrons. The molecule has 0 aromatic carbocycles. The van der Waals surface area contributed by atoms with Crippen LogP contribution in [0.25, 0.3) is 0 Å². The first-order chi connectivity index (χ1) is 11.3. The summed E-state index contributed by atoms with van der Waals surface area (Å²) in [6.07, 6.45) is -14.9. The number of aliphatic hydroxyl groups excluding tert-OH is 8. The number of rotatable bonds is 8. The molecule has 0 unspecified atom stereocenters. The molecule has 0 bridgehead atoms. The maximum absolute atomic E-state index is 9.92. The molecule has 142 valence electrons. The predicted molar refractivity (Wildman–Crippen MR) is 74.0 cm³/mol. The van der Waals surface area contributed by atoms with Crippen molar-refractivity contribution in [1.82, 2.24) is 0 Å². The van der Waals surface area contributed by atoms with Gasteiger partial charge in [-0.1, -0.05) is 5.16 Å². The minimum atomic E-state index is -1.91. The Morgan fingerprint density at radius 1 is 1.04 bits per heavy atom. The number of hydrogen-bond donors (Lipinski definition) is 9. The van der Waals surface area contributed by atoms with E-state index in [0.717, 1.165) is 0 Å². The van der Waals surface area contributed by atoms with Crippen LogP contribution in [-0.4, -0.2) is 121 Å². The first-order valence-electron chi connectivity index (χ1n) is 7.07. The fourth-order valence-corrected chi connectivity index (χ4v) is 2.19. The van der Waals surface area contributed by atoms with Crippen molar-refractivity contribution in [3.8, 4) is 0 Å². The maximum atomic E-state index is 9.92. The third-order valence-corrected chi connectivity index (χ3v) is 3.61. The lowest BCUT2D eigenvalue weighted by Gasteiger charge is -2.42. The normalized spacial score (nSPS) is 36.4. The molecule has 24 heavy (non-hydrogen) atoms. The minimum Gasteiger partial charge on any atom is -0.411 e. The first kappa shape index (κ1) is 21.1. The monoisotopic (exact) mass is 357 g/mol. The second kappa shape index (κ2) is 9.53. The SMILES string of the molecule is OC[C@@H](O)[C@@H](O[C@@H]1O[C@H](CO)[C@@H](O)[C@H](O)[C@H]1O)[C@H](O)[C@@H](O)/C=N\O. The van der Waals surface area contributed by atoms with Crippen molar-refractivity contribution in [3.05, 3.63) is 0 Å². The molecule has 12 nitrogen and oxygen atoms in total. The van der Waals surface area contributed by atoms with Crippen LogP contribution in [0.1, 0.15) is 0 Å². The molecule has 0 aromatic rings. The molecule has 1 heterocycles. The summed E-state index contributed by atoms with van der Waals surface area (Å²) >= 11 is 0. The highest BCUT2D eigenvalue weighted by Crippen LogP contribution is 2.24. The first-order valence-corrected chi connectivity index (χ1v) is 7.07. The molecule has 0 amide bonds. The van der Waals surface area contributed by atoms with Gasteiger partial charge in [-0.2, -0.15) is 0 Å². The van der Waals surface area contributed by atoms with Crippen LogP contribution in [0.2, 0.25) is 0 Å². The van der Waals surface area contributed by atoms with Crippen molar-refractivity contribution in [2.75, 3.05) is 13.2 Å². The average Bonchev–Trinajstić information content (AvgIpc) is 2.58. The Labute approximate surface area is 136 Å². The highest BCUT2D eigenvalue weighted by atomic mass is 16.7. The Bertz CT molecular complexity index is 395. The molecule has 0 spiro atoms. The Hall–Kier alpha value is -0.930. The van der Waals surface area contributed by atoms with Gasteiger partial charge in [0, 0.05) is 0 Å². The van der Waals surface area contributed by atoms with Crippen molar-refractivity contribution in [3.63, 3.8) is 0 Å². The standard InChI is InChI=1S/C12H23NO11/c14-2-5(17)11(7(18)4(16)1-13-22)24-12-10(21)9(20)8(19)6(3-15)23-12/h1,4-12,14-22H,2-3H2/b13-1-/t4-,5+,6+,7+,8+,9-,10+,11+,12-/m0/s1.